The minimum atomic E-state index is -1.20. The standard InChI is InChI=1S/C28H36ClN3O5/c1-7-14-30(6)24(34)20-21-25(35)32(18(4)16-33)23(28(21)13-12-27(20,5)37-28)26(36)31(15-8-2)22-17(3)10-9-11-19(22)29/h7-11,18,20-21,23,33H,1-2,12-16H2,3-6H3/t18-,20-,21+,23?,27+,28?/m1/s1. The summed E-state index contributed by atoms with van der Waals surface area (Å²) in [6.45, 7) is 13.1. The highest BCUT2D eigenvalue weighted by molar-refractivity contribution is 6.34. The Morgan fingerprint density at radius 2 is 1.95 bits per heavy atom. The van der Waals surface area contributed by atoms with Crippen LogP contribution in [0.15, 0.2) is 43.5 Å². The van der Waals surface area contributed by atoms with Crippen molar-refractivity contribution in [2.24, 2.45) is 11.8 Å². The lowest BCUT2D eigenvalue weighted by Gasteiger charge is -2.39. The zero-order valence-electron chi connectivity index (χ0n) is 21.9. The van der Waals surface area contributed by atoms with Crippen molar-refractivity contribution in [1.29, 1.82) is 0 Å². The van der Waals surface area contributed by atoms with Crippen LogP contribution in [-0.4, -0.2) is 82.7 Å². The number of para-hydroxylation sites is 1. The number of halogens is 1. The summed E-state index contributed by atoms with van der Waals surface area (Å²) in [6, 6.07) is 3.70. The molecule has 3 aliphatic heterocycles. The first-order valence-electron chi connectivity index (χ1n) is 12.7. The van der Waals surface area contributed by atoms with Crippen LogP contribution in [0.4, 0.5) is 5.69 Å². The van der Waals surface area contributed by atoms with Crippen LogP contribution in [0.1, 0.15) is 32.3 Å². The molecule has 2 unspecified atom stereocenters. The molecular formula is C28H36ClN3O5. The maximum atomic E-state index is 14.5. The summed E-state index contributed by atoms with van der Waals surface area (Å²) in [4.78, 5) is 46.8. The maximum Gasteiger partial charge on any atom is 0.253 e. The monoisotopic (exact) mass is 529 g/mol. The summed E-state index contributed by atoms with van der Waals surface area (Å²) in [6.07, 6.45) is 4.22. The van der Waals surface area contributed by atoms with Crippen molar-refractivity contribution in [3.8, 4) is 0 Å². The van der Waals surface area contributed by atoms with E-state index in [4.69, 9.17) is 16.3 Å². The Hall–Kier alpha value is -2.68. The molecule has 3 amide bonds. The van der Waals surface area contributed by atoms with Crippen molar-refractivity contribution < 1.29 is 24.2 Å². The van der Waals surface area contributed by atoms with Gasteiger partial charge in [-0.05, 0) is 45.2 Å². The highest BCUT2D eigenvalue weighted by Crippen LogP contribution is 2.64. The molecule has 1 N–H and O–H groups in total. The van der Waals surface area contributed by atoms with Crippen LogP contribution in [0, 0.1) is 18.8 Å². The molecule has 1 aromatic carbocycles. The molecular weight excluding hydrogens is 494 g/mol. The first-order chi connectivity index (χ1) is 17.5. The molecule has 8 nitrogen and oxygen atoms in total. The first kappa shape index (κ1) is 27.4. The van der Waals surface area contributed by atoms with Gasteiger partial charge < -0.3 is 24.5 Å². The van der Waals surface area contributed by atoms with Crippen molar-refractivity contribution in [2.75, 3.05) is 31.6 Å². The summed E-state index contributed by atoms with van der Waals surface area (Å²) in [5.74, 6) is -2.52. The third kappa shape index (κ3) is 4.01. The Morgan fingerprint density at radius 3 is 2.54 bits per heavy atom. The Morgan fingerprint density at radius 1 is 1.27 bits per heavy atom. The smallest absolute Gasteiger partial charge is 0.253 e. The predicted molar refractivity (Wildman–Crippen MR) is 142 cm³/mol. The lowest BCUT2D eigenvalue weighted by molar-refractivity contribution is -0.151. The molecule has 1 spiro atoms. The van der Waals surface area contributed by atoms with Gasteiger partial charge in [-0.25, -0.2) is 0 Å². The van der Waals surface area contributed by atoms with Gasteiger partial charge in [-0.15, -0.1) is 13.2 Å². The number of aliphatic hydroxyl groups excluding tert-OH is 1. The van der Waals surface area contributed by atoms with Gasteiger partial charge in [0.25, 0.3) is 5.91 Å². The fraction of sp³-hybridized carbons (Fsp3) is 0.536. The molecule has 3 heterocycles. The molecule has 2 bridgehead atoms. The maximum absolute atomic E-state index is 14.5. The number of likely N-dealkylation sites (N-methyl/N-ethyl adjacent to an activating group) is 1. The van der Waals surface area contributed by atoms with E-state index < -0.39 is 35.1 Å². The summed E-state index contributed by atoms with van der Waals surface area (Å²) in [5.41, 5.74) is -0.750. The van der Waals surface area contributed by atoms with Gasteiger partial charge in [0, 0.05) is 20.1 Å². The Kier molecular flexibility index (Phi) is 7.31. The van der Waals surface area contributed by atoms with Crippen molar-refractivity contribution >= 4 is 35.0 Å². The molecule has 3 saturated heterocycles. The normalized spacial score (nSPS) is 30.7. The lowest BCUT2D eigenvalue weighted by Crippen LogP contribution is -2.58. The second-order valence-electron chi connectivity index (χ2n) is 10.7. The fourth-order valence-corrected chi connectivity index (χ4v) is 6.96. The quantitative estimate of drug-likeness (QED) is 0.497. The number of rotatable bonds is 9. The summed E-state index contributed by atoms with van der Waals surface area (Å²) in [5, 5.41) is 10.5. The SMILES string of the molecule is C=CCN(C)C(=O)[C@H]1[C@H]2C(=O)N([C@H](C)CO)C(C(=O)N(CC=C)c3c(C)cccc3Cl)C23CC[C@]1(C)O3. The summed E-state index contributed by atoms with van der Waals surface area (Å²) in [7, 11) is 1.67. The number of aryl methyl sites for hydroxylation is 1. The highest BCUT2D eigenvalue weighted by Gasteiger charge is 2.78. The molecule has 3 aliphatic rings. The minimum Gasteiger partial charge on any atom is -0.394 e. The van der Waals surface area contributed by atoms with Gasteiger partial charge in [-0.2, -0.15) is 0 Å². The molecule has 6 atom stereocenters. The number of hydrogen-bond donors (Lipinski definition) is 1. The highest BCUT2D eigenvalue weighted by atomic mass is 35.5. The van der Waals surface area contributed by atoms with Gasteiger partial charge in [0.15, 0.2) is 0 Å². The molecule has 9 heteroatoms. The van der Waals surface area contributed by atoms with Gasteiger partial charge in [0.05, 0.1) is 40.8 Å². The van der Waals surface area contributed by atoms with E-state index in [1.54, 1.807) is 37.1 Å². The number of anilines is 1. The number of carbonyl (C=O) groups excluding carboxylic acids is 3. The van der Waals surface area contributed by atoms with Crippen LogP contribution in [-0.2, 0) is 19.1 Å². The molecule has 1 aromatic rings. The van der Waals surface area contributed by atoms with Crippen molar-refractivity contribution in [3.63, 3.8) is 0 Å². The molecule has 0 aromatic heterocycles. The molecule has 0 saturated carbocycles. The number of amides is 3. The third-order valence-electron chi connectivity index (χ3n) is 8.27. The van der Waals surface area contributed by atoms with Crippen LogP contribution >= 0.6 is 11.6 Å². The van der Waals surface area contributed by atoms with E-state index in [2.05, 4.69) is 13.2 Å². The lowest BCUT2D eigenvalue weighted by atomic mass is 9.66. The van der Waals surface area contributed by atoms with Gasteiger partial charge in [-0.1, -0.05) is 35.9 Å². The van der Waals surface area contributed by atoms with Crippen LogP contribution in [0.25, 0.3) is 0 Å². The van der Waals surface area contributed by atoms with Crippen molar-refractivity contribution in [3.05, 3.63) is 54.1 Å². The molecule has 37 heavy (non-hydrogen) atoms. The van der Waals surface area contributed by atoms with Gasteiger partial charge in [-0.3, -0.25) is 14.4 Å². The Labute approximate surface area is 223 Å². The fourth-order valence-electron chi connectivity index (χ4n) is 6.64. The van der Waals surface area contributed by atoms with Crippen LogP contribution in [0.2, 0.25) is 5.02 Å². The van der Waals surface area contributed by atoms with Gasteiger partial charge in [0.2, 0.25) is 11.8 Å². The zero-order valence-corrected chi connectivity index (χ0v) is 22.7. The topological polar surface area (TPSA) is 90.4 Å². The van der Waals surface area contributed by atoms with E-state index in [0.29, 0.717) is 30.1 Å². The molecule has 4 rings (SSSR count). The number of hydrogen-bond acceptors (Lipinski definition) is 5. The van der Waals surface area contributed by atoms with Crippen LogP contribution in [0.3, 0.4) is 0 Å². The zero-order chi connectivity index (χ0) is 27.3. The summed E-state index contributed by atoms with van der Waals surface area (Å²) >= 11 is 6.57. The summed E-state index contributed by atoms with van der Waals surface area (Å²) < 4.78 is 6.66. The number of likely N-dealkylation sites (tertiary alicyclic amines) is 1. The molecule has 0 aliphatic carbocycles. The molecule has 3 fully saturated rings. The van der Waals surface area contributed by atoms with E-state index in [-0.39, 0.29) is 30.9 Å². The first-order valence-corrected chi connectivity index (χ1v) is 13.0. The van der Waals surface area contributed by atoms with Gasteiger partial charge >= 0.3 is 0 Å². The second kappa shape index (κ2) is 9.89. The molecule has 200 valence electrons. The van der Waals surface area contributed by atoms with E-state index in [1.165, 1.54) is 9.80 Å². The van der Waals surface area contributed by atoms with Crippen LogP contribution in [0.5, 0.6) is 0 Å². The van der Waals surface area contributed by atoms with Gasteiger partial charge in [0.1, 0.15) is 11.6 Å². The second-order valence-corrected chi connectivity index (χ2v) is 11.1. The van der Waals surface area contributed by atoms with Crippen LogP contribution < -0.4 is 4.90 Å². The Balaban J connectivity index is 1.86. The third-order valence-corrected chi connectivity index (χ3v) is 8.57. The largest absolute Gasteiger partial charge is 0.394 e. The number of carbonyl (C=O) groups is 3. The average molecular weight is 530 g/mol. The number of aliphatic hydroxyl groups is 1. The average Bonchev–Trinajstić information content (AvgIpc) is 3.42. The predicted octanol–water partition coefficient (Wildman–Crippen LogP) is 2.96. The van der Waals surface area contributed by atoms with E-state index in [0.717, 1.165) is 5.56 Å². The minimum absolute atomic E-state index is 0.165. The van der Waals surface area contributed by atoms with E-state index >= 15 is 0 Å². The van der Waals surface area contributed by atoms with E-state index in [1.807, 2.05) is 26.0 Å². The number of nitrogens with zero attached hydrogens (tertiary/aromatic N) is 3. The molecule has 0 radical (unpaired) electrons. The van der Waals surface area contributed by atoms with Crippen molar-refractivity contribution in [1.82, 2.24) is 9.80 Å². The Bertz CT molecular complexity index is 1120. The van der Waals surface area contributed by atoms with Crippen molar-refractivity contribution in [2.45, 2.75) is 56.9 Å². The number of ether oxygens (including phenoxy) is 1. The van der Waals surface area contributed by atoms with E-state index in [9.17, 15) is 19.5 Å². The number of benzene rings is 1. The number of fused-ring (bicyclic) bond motifs is 1.